The second kappa shape index (κ2) is 5.17. The van der Waals surface area contributed by atoms with Crippen LogP contribution in [-0.4, -0.2) is 18.2 Å². The van der Waals surface area contributed by atoms with Gasteiger partial charge in [0.15, 0.2) is 11.6 Å². The molecule has 0 aromatic heterocycles. The summed E-state index contributed by atoms with van der Waals surface area (Å²) >= 11 is 0. The average Bonchev–Trinajstić information content (AvgIpc) is 2.26. The molecule has 1 N–H and O–H groups in total. The van der Waals surface area contributed by atoms with E-state index in [1.54, 1.807) is 12.1 Å². The minimum atomic E-state index is -0.841. The third-order valence-corrected chi connectivity index (χ3v) is 2.90. The van der Waals surface area contributed by atoms with Crippen molar-refractivity contribution in [1.29, 1.82) is 0 Å². The van der Waals surface area contributed by atoms with E-state index in [1.165, 1.54) is 13.2 Å². The van der Waals surface area contributed by atoms with Crippen molar-refractivity contribution in [3.05, 3.63) is 29.6 Å². The minimum absolute atomic E-state index is 0.0701. The van der Waals surface area contributed by atoms with Gasteiger partial charge in [-0.05, 0) is 29.5 Å². The van der Waals surface area contributed by atoms with E-state index in [4.69, 9.17) is 9.84 Å². The third-order valence-electron chi connectivity index (χ3n) is 2.90. The summed E-state index contributed by atoms with van der Waals surface area (Å²) in [6.45, 7) is 3.80. The molecule has 0 spiro atoms. The first-order valence-electron chi connectivity index (χ1n) is 5.42. The molecule has 94 valence electrons. The van der Waals surface area contributed by atoms with Crippen molar-refractivity contribution in [2.24, 2.45) is 0 Å². The lowest BCUT2D eigenvalue weighted by molar-refractivity contribution is -0.137. The van der Waals surface area contributed by atoms with Crippen molar-refractivity contribution >= 4 is 5.97 Å². The fourth-order valence-corrected chi connectivity index (χ4v) is 1.65. The Morgan fingerprint density at radius 3 is 2.59 bits per heavy atom. The molecule has 3 nitrogen and oxygen atoms in total. The second-order valence-electron chi connectivity index (χ2n) is 4.63. The highest BCUT2D eigenvalue weighted by molar-refractivity contribution is 5.66. The van der Waals surface area contributed by atoms with Crippen LogP contribution in [0, 0.1) is 5.82 Å². The average molecular weight is 240 g/mol. The van der Waals surface area contributed by atoms with Crippen molar-refractivity contribution in [3.8, 4) is 5.75 Å². The van der Waals surface area contributed by atoms with E-state index in [0.717, 1.165) is 5.56 Å². The summed E-state index contributed by atoms with van der Waals surface area (Å²) < 4.78 is 18.4. The molecule has 0 bridgehead atoms. The van der Waals surface area contributed by atoms with E-state index in [-0.39, 0.29) is 17.6 Å². The molecule has 4 heteroatoms. The molecule has 0 heterocycles. The molecule has 0 aliphatic rings. The Kier molecular flexibility index (Phi) is 4.10. The molecule has 0 amide bonds. The van der Waals surface area contributed by atoms with Gasteiger partial charge in [-0.25, -0.2) is 4.39 Å². The summed E-state index contributed by atoms with van der Waals surface area (Å²) in [6, 6.07) is 4.73. The molecule has 0 fully saturated rings. The summed E-state index contributed by atoms with van der Waals surface area (Å²) in [6.07, 6.45) is 0.536. The van der Waals surface area contributed by atoms with Crippen molar-refractivity contribution in [1.82, 2.24) is 0 Å². The van der Waals surface area contributed by atoms with Crippen LogP contribution in [0.2, 0.25) is 0 Å². The molecule has 0 unspecified atom stereocenters. The number of aliphatic carboxylic acids is 1. The number of hydrogen-bond donors (Lipinski definition) is 1. The van der Waals surface area contributed by atoms with Gasteiger partial charge in [-0.2, -0.15) is 0 Å². The molecule has 0 saturated carbocycles. The number of ether oxygens (including phenoxy) is 1. The van der Waals surface area contributed by atoms with Crippen LogP contribution in [0.15, 0.2) is 18.2 Å². The Hall–Kier alpha value is -1.58. The van der Waals surface area contributed by atoms with E-state index < -0.39 is 11.8 Å². The molecule has 1 rings (SSSR count). The maximum Gasteiger partial charge on any atom is 0.303 e. The molecular formula is C13H17FO3. The number of methoxy groups -OCH3 is 1. The maximum absolute atomic E-state index is 13.5. The lowest BCUT2D eigenvalue weighted by Gasteiger charge is -2.24. The minimum Gasteiger partial charge on any atom is -0.494 e. The van der Waals surface area contributed by atoms with Crippen LogP contribution in [-0.2, 0) is 10.2 Å². The largest absolute Gasteiger partial charge is 0.494 e. The van der Waals surface area contributed by atoms with Gasteiger partial charge in [-0.3, -0.25) is 4.79 Å². The molecule has 0 saturated heterocycles. The molecule has 0 aliphatic carbocycles. The van der Waals surface area contributed by atoms with Gasteiger partial charge in [0.25, 0.3) is 0 Å². The lowest BCUT2D eigenvalue weighted by Crippen LogP contribution is -2.19. The van der Waals surface area contributed by atoms with Crippen molar-refractivity contribution < 1.29 is 19.0 Å². The van der Waals surface area contributed by atoms with Crippen LogP contribution in [0.1, 0.15) is 32.3 Å². The van der Waals surface area contributed by atoms with E-state index >= 15 is 0 Å². The van der Waals surface area contributed by atoms with Crippen LogP contribution >= 0.6 is 0 Å². The first-order valence-corrected chi connectivity index (χ1v) is 5.42. The summed E-state index contributed by atoms with van der Waals surface area (Å²) in [7, 11) is 1.41. The van der Waals surface area contributed by atoms with Crippen molar-refractivity contribution in [2.75, 3.05) is 7.11 Å². The fourth-order valence-electron chi connectivity index (χ4n) is 1.65. The maximum atomic E-state index is 13.5. The number of rotatable bonds is 5. The predicted molar refractivity (Wildman–Crippen MR) is 62.8 cm³/mol. The van der Waals surface area contributed by atoms with Gasteiger partial charge < -0.3 is 9.84 Å². The van der Waals surface area contributed by atoms with E-state index in [9.17, 15) is 9.18 Å². The summed E-state index contributed by atoms with van der Waals surface area (Å²) in [5.74, 6) is -1.07. The Morgan fingerprint density at radius 1 is 1.47 bits per heavy atom. The smallest absolute Gasteiger partial charge is 0.303 e. The molecule has 1 aromatic carbocycles. The van der Waals surface area contributed by atoms with Gasteiger partial charge in [0, 0.05) is 6.42 Å². The van der Waals surface area contributed by atoms with Gasteiger partial charge in [-0.15, -0.1) is 0 Å². The van der Waals surface area contributed by atoms with Crippen LogP contribution < -0.4 is 4.74 Å². The van der Waals surface area contributed by atoms with Gasteiger partial charge in [0.1, 0.15) is 0 Å². The highest BCUT2D eigenvalue weighted by Gasteiger charge is 2.22. The first-order chi connectivity index (χ1) is 7.86. The molecule has 1 aromatic rings. The molecule has 0 radical (unpaired) electrons. The Bertz CT molecular complexity index is 413. The zero-order chi connectivity index (χ0) is 13.1. The highest BCUT2D eigenvalue weighted by Crippen LogP contribution is 2.31. The molecule has 17 heavy (non-hydrogen) atoms. The van der Waals surface area contributed by atoms with Crippen molar-refractivity contribution in [2.45, 2.75) is 32.1 Å². The summed E-state index contributed by atoms with van der Waals surface area (Å²) in [5, 5.41) is 8.67. The number of carbonyl (C=O) groups is 1. The van der Waals surface area contributed by atoms with Crippen LogP contribution in [0.3, 0.4) is 0 Å². The van der Waals surface area contributed by atoms with Gasteiger partial charge in [-0.1, -0.05) is 19.9 Å². The monoisotopic (exact) mass is 240 g/mol. The summed E-state index contributed by atoms with van der Waals surface area (Å²) in [4.78, 5) is 10.6. The topological polar surface area (TPSA) is 46.5 Å². The van der Waals surface area contributed by atoms with Gasteiger partial charge in [0.05, 0.1) is 7.11 Å². The number of carboxylic acid groups (broad SMARTS) is 1. The molecular weight excluding hydrogens is 223 g/mol. The quantitative estimate of drug-likeness (QED) is 0.860. The number of hydrogen-bond acceptors (Lipinski definition) is 2. The van der Waals surface area contributed by atoms with Crippen LogP contribution in [0.25, 0.3) is 0 Å². The summed E-state index contributed by atoms with van der Waals surface area (Å²) in [5.41, 5.74) is 0.406. The second-order valence-corrected chi connectivity index (χ2v) is 4.63. The fraction of sp³-hybridized carbons (Fsp3) is 0.462. The van der Waals surface area contributed by atoms with E-state index in [1.807, 2.05) is 13.8 Å². The number of halogens is 1. The Labute approximate surface area is 100 Å². The zero-order valence-electron chi connectivity index (χ0n) is 10.3. The Balaban J connectivity index is 2.90. The highest BCUT2D eigenvalue weighted by atomic mass is 19.1. The first kappa shape index (κ1) is 13.5. The van der Waals surface area contributed by atoms with E-state index in [2.05, 4.69) is 0 Å². The van der Waals surface area contributed by atoms with Crippen LogP contribution in [0.5, 0.6) is 5.75 Å². The molecule has 0 aliphatic heterocycles. The Morgan fingerprint density at radius 2 is 2.12 bits per heavy atom. The third kappa shape index (κ3) is 3.44. The van der Waals surface area contributed by atoms with E-state index in [0.29, 0.717) is 6.42 Å². The zero-order valence-corrected chi connectivity index (χ0v) is 10.3. The SMILES string of the molecule is COc1ccc(C(C)(C)CCC(=O)O)cc1F. The number of carboxylic acids is 1. The van der Waals surface area contributed by atoms with Gasteiger partial charge in [0.2, 0.25) is 0 Å². The lowest BCUT2D eigenvalue weighted by atomic mass is 9.80. The normalized spacial score (nSPS) is 11.3. The predicted octanol–water partition coefficient (Wildman–Crippen LogP) is 2.98. The van der Waals surface area contributed by atoms with Gasteiger partial charge >= 0.3 is 5.97 Å². The number of benzene rings is 1. The molecule has 0 atom stereocenters. The van der Waals surface area contributed by atoms with Crippen molar-refractivity contribution in [3.63, 3.8) is 0 Å². The standard InChI is InChI=1S/C13H17FO3/c1-13(2,7-6-12(15)16)9-4-5-11(17-3)10(14)8-9/h4-5,8H,6-7H2,1-3H3,(H,15,16). The van der Waals surface area contributed by atoms with Crippen LogP contribution in [0.4, 0.5) is 4.39 Å².